The molecule has 1 saturated heterocycles. The number of hydrogen-bond acceptors (Lipinski definition) is 2. The summed E-state index contributed by atoms with van der Waals surface area (Å²) < 4.78 is 35.9. The molecular weight excluding hydrogens is 229 g/mol. The summed E-state index contributed by atoms with van der Waals surface area (Å²) in [6.07, 6.45) is -0.481. The average molecular weight is 252 g/mol. The summed E-state index contributed by atoms with van der Waals surface area (Å²) in [5.74, 6) is 0.741. The van der Waals surface area contributed by atoms with Crippen molar-refractivity contribution in [1.82, 2.24) is 10.2 Å². The summed E-state index contributed by atoms with van der Waals surface area (Å²) in [6.45, 7) is 5.78. The van der Waals surface area contributed by atoms with Gasteiger partial charge < -0.3 is 5.32 Å². The molecular formula is C12H23F3N2. The molecule has 0 aromatic heterocycles. The fourth-order valence-electron chi connectivity index (χ4n) is 2.46. The average Bonchev–Trinajstić information content (AvgIpc) is 2.65. The number of halogens is 3. The monoisotopic (exact) mass is 252 g/mol. The lowest BCUT2D eigenvalue weighted by Gasteiger charge is -2.25. The zero-order valence-corrected chi connectivity index (χ0v) is 10.7. The van der Waals surface area contributed by atoms with E-state index < -0.39 is 12.7 Å². The fraction of sp³-hybridized carbons (Fsp3) is 1.00. The van der Waals surface area contributed by atoms with E-state index in [0.29, 0.717) is 6.54 Å². The van der Waals surface area contributed by atoms with Crippen LogP contribution in [0.3, 0.4) is 0 Å². The van der Waals surface area contributed by atoms with E-state index in [-0.39, 0.29) is 6.04 Å². The van der Waals surface area contributed by atoms with Crippen LogP contribution >= 0.6 is 0 Å². The number of nitrogens with zero attached hydrogens (tertiary/aromatic N) is 1. The lowest BCUT2D eigenvalue weighted by molar-refractivity contribution is -0.125. The van der Waals surface area contributed by atoms with Crippen molar-refractivity contribution in [3.8, 4) is 0 Å². The molecule has 1 fully saturated rings. The molecule has 5 heteroatoms. The summed E-state index contributed by atoms with van der Waals surface area (Å²) in [5.41, 5.74) is 0. The molecule has 2 atom stereocenters. The van der Waals surface area contributed by atoms with Crippen LogP contribution < -0.4 is 5.32 Å². The molecule has 0 spiro atoms. The van der Waals surface area contributed by atoms with Gasteiger partial charge in [-0.3, -0.25) is 4.90 Å². The topological polar surface area (TPSA) is 15.3 Å². The van der Waals surface area contributed by atoms with Crippen LogP contribution in [0.4, 0.5) is 13.2 Å². The van der Waals surface area contributed by atoms with Crippen LogP contribution in [0.1, 0.15) is 33.1 Å². The first-order chi connectivity index (χ1) is 7.92. The summed E-state index contributed by atoms with van der Waals surface area (Å²) in [5, 5.41) is 2.48. The van der Waals surface area contributed by atoms with E-state index in [1.165, 1.54) is 19.3 Å². The number of nitrogens with one attached hydrogen (secondary N) is 1. The van der Waals surface area contributed by atoms with E-state index in [9.17, 15) is 13.2 Å². The standard InChI is InChI=1S/C12H23F3N2/c1-3-4-11-5-6-17(8-11)10(2)7-16-9-12(13,14)15/h10-11,16H,3-9H2,1-2H3. The lowest BCUT2D eigenvalue weighted by Crippen LogP contribution is -2.41. The minimum Gasteiger partial charge on any atom is -0.307 e. The second-order valence-corrected chi connectivity index (χ2v) is 5.03. The Kier molecular flexibility index (Phi) is 5.73. The van der Waals surface area contributed by atoms with Gasteiger partial charge in [0.25, 0.3) is 0 Å². The number of likely N-dealkylation sites (tertiary alicyclic amines) is 1. The molecule has 1 aliphatic rings. The van der Waals surface area contributed by atoms with Crippen LogP contribution in [0.25, 0.3) is 0 Å². The first-order valence-electron chi connectivity index (χ1n) is 6.44. The highest BCUT2D eigenvalue weighted by Crippen LogP contribution is 2.22. The van der Waals surface area contributed by atoms with Gasteiger partial charge in [0.15, 0.2) is 0 Å². The highest BCUT2D eigenvalue weighted by atomic mass is 19.4. The minimum atomic E-state index is -4.10. The molecule has 0 radical (unpaired) electrons. The van der Waals surface area contributed by atoms with Gasteiger partial charge in [-0.1, -0.05) is 13.3 Å². The van der Waals surface area contributed by atoms with E-state index in [1.807, 2.05) is 6.92 Å². The van der Waals surface area contributed by atoms with Crippen molar-refractivity contribution in [3.05, 3.63) is 0 Å². The predicted molar refractivity (Wildman–Crippen MR) is 63.0 cm³/mol. The van der Waals surface area contributed by atoms with E-state index in [2.05, 4.69) is 17.1 Å². The normalized spacial score (nSPS) is 24.2. The predicted octanol–water partition coefficient (Wildman–Crippen LogP) is 2.65. The van der Waals surface area contributed by atoms with Crippen molar-refractivity contribution in [1.29, 1.82) is 0 Å². The van der Waals surface area contributed by atoms with E-state index >= 15 is 0 Å². The summed E-state index contributed by atoms with van der Waals surface area (Å²) in [7, 11) is 0. The molecule has 0 aliphatic carbocycles. The van der Waals surface area contributed by atoms with Crippen molar-refractivity contribution < 1.29 is 13.2 Å². The molecule has 1 rings (SSSR count). The van der Waals surface area contributed by atoms with Crippen LogP contribution in [0.15, 0.2) is 0 Å². The minimum absolute atomic E-state index is 0.194. The Labute approximate surface area is 102 Å². The molecule has 1 N–H and O–H groups in total. The van der Waals surface area contributed by atoms with Gasteiger partial charge in [-0.2, -0.15) is 13.2 Å². The highest BCUT2D eigenvalue weighted by molar-refractivity contribution is 4.80. The number of alkyl halides is 3. The van der Waals surface area contributed by atoms with Crippen molar-refractivity contribution in [2.75, 3.05) is 26.2 Å². The third-order valence-electron chi connectivity index (χ3n) is 3.40. The Hall–Kier alpha value is -0.290. The van der Waals surface area contributed by atoms with Gasteiger partial charge in [0.2, 0.25) is 0 Å². The second-order valence-electron chi connectivity index (χ2n) is 5.03. The first kappa shape index (κ1) is 14.8. The SMILES string of the molecule is CCCC1CCN(C(C)CNCC(F)(F)F)C1. The van der Waals surface area contributed by atoms with E-state index in [4.69, 9.17) is 0 Å². The smallest absolute Gasteiger partial charge is 0.307 e. The van der Waals surface area contributed by atoms with E-state index in [1.54, 1.807) is 0 Å². The van der Waals surface area contributed by atoms with Crippen LogP contribution in [0.2, 0.25) is 0 Å². The Morgan fingerprint density at radius 1 is 1.41 bits per heavy atom. The maximum Gasteiger partial charge on any atom is 0.401 e. The molecule has 0 saturated carbocycles. The van der Waals surface area contributed by atoms with Gasteiger partial charge in [0, 0.05) is 19.1 Å². The lowest BCUT2D eigenvalue weighted by atomic mass is 10.0. The van der Waals surface area contributed by atoms with Crippen LogP contribution in [-0.4, -0.2) is 43.3 Å². The maximum atomic E-state index is 12.0. The van der Waals surface area contributed by atoms with E-state index in [0.717, 1.165) is 19.0 Å². The van der Waals surface area contributed by atoms with Crippen LogP contribution in [0.5, 0.6) is 0 Å². The molecule has 0 bridgehead atoms. The fourth-order valence-corrected chi connectivity index (χ4v) is 2.46. The summed E-state index contributed by atoms with van der Waals surface area (Å²) in [4.78, 5) is 2.30. The van der Waals surface area contributed by atoms with Gasteiger partial charge in [0.05, 0.1) is 6.54 Å². The Balaban J connectivity index is 2.18. The molecule has 0 aromatic carbocycles. The second kappa shape index (κ2) is 6.59. The quantitative estimate of drug-likeness (QED) is 0.782. The summed E-state index contributed by atoms with van der Waals surface area (Å²) in [6, 6.07) is 0.194. The zero-order valence-electron chi connectivity index (χ0n) is 10.7. The van der Waals surface area contributed by atoms with Gasteiger partial charge in [-0.05, 0) is 32.2 Å². The largest absolute Gasteiger partial charge is 0.401 e. The zero-order chi connectivity index (χ0) is 12.9. The Bertz CT molecular complexity index is 218. The molecule has 2 nitrogen and oxygen atoms in total. The Morgan fingerprint density at radius 3 is 2.71 bits per heavy atom. The number of rotatable bonds is 6. The van der Waals surface area contributed by atoms with Crippen molar-refractivity contribution >= 4 is 0 Å². The van der Waals surface area contributed by atoms with Crippen molar-refractivity contribution in [3.63, 3.8) is 0 Å². The molecule has 102 valence electrons. The van der Waals surface area contributed by atoms with Gasteiger partial charge in [-0.15, -0.1) is 0 Å². The van der Waals surface area contributed by atoms with Crippen molar-refractivity contribution in [2.24, 2.45) is 5.92 Å². The first-order valence-corrected chi connectivity index (χ1v) is 6.44. The summed E-state index contributed by atoms with van der Waals surface area (Å²) >= 11 is 0. The molecule has 1 aliphatic heterocycles. The van der Waals surface area contributed by atoms with Gasteiger partial charge >= 0.3 is 6.18 Å². The third-order valence-corrected chi connectivity index (χ3v) is 3.40. The molecule has 2 unspecified atom stereocenters. The molecule has 1 heterocycles. The molecule has 0 aromatic rings. The van der Waals surface area contributed by atoms with Gasteiger partial charge in [-0.25, -0.2) is 0 Å². The molecule has 0 amide bonds. The van der Waals surface area contributed by atoms with Crippen molar-refractivity contribution in [2.45, 2.75) is 45.3 Å². The third kappa shape index (κ3) is 5.73. The highest BCUT2D eigenvalue weighted by Gasteiger charge is 2.28. The number of hydrogen-bond donors (Lipinski definition) is 1. The maximum absolute atomic E-state index is 12.0. The Morgan fingerprint density at radius 2 is 2.12 bits per heavy atom. The van der Waals surface area contributed by atoms with Crippen LogP contribution in [-0.2, 0) is 0 Å². The van der Waals surface area contributed by atoms with Gasteiger partial charge in [0.1, 0.15) is 0 Å². The van der Waals surface area contributed by atoms with Crippen LogP contribution in [0, 0.1) is 5.92 Å². The molecule has 17 heavy (non-hydrogen) atoms.